The number of ether oxygens (including phenoxy) is 1. The molecule has 0 atom stereocenters. The van der Waals surface area contributed by atoms with Gasteiger partial charge in [-0.2, -0.15) is 0 Å². The number of carbonyl (C=O) groups is 1. The number of benzene rings is 2. The molecule has 0 saturated carbocycles. The molecule has 0 heterocycles. The normalized spacial score (nSPS) is 10.2. The fourth-order valence-corrected chi connectivity index (χ4v) is 1.60. The molecule has 0 radical (unpaired) electrons. The van der Waals surface area contributed by atoms with E-state index in [9.17, 15) is 9.90 Å². The van der Waals surface area contributed by atoms with Crippen LogP contribution >= 0.6 is 0 Å². The number of hydrogen-bond acceptors (Lipinski definition) is 3. The molecule has 2 aromatic carbocycles. The largest absolute Gasteiger partial charge is 0.504 e. The van der Waals surface area contributed by atoms with Gasteiger partial charge in [0.2, 0.25) is 0 Å². The highest BCUT2D eigenvalue weighted by atomic mass is 16.5. The molecule has 15 heavy (non-hydrogen) atoms. The lowest BCUT2D eigenvalue weighted by Crippen LogP contribution is -1.87. The third kappa shape index (κ3) is 1.52. The average Bonchev–Trinajstić information content (AvgIpc) is 2.28. The van der Waals surface area contributed by atoms with Crippen LogP contribution < -0.4 is 4.74 Å². The molecule has 0 aliphatic carbocycles. The lowest BCUT2D eigenvalue weighted by atomic mass is 10.1. The molecule has 0 aromatic heterocycles. The number of methoxy groups -OCH3 is 1. The predicted octanol–water partition coefficient (Wildman–Crippen LogP) is 2.37. The minimum atomic E-state index is 0.101. The van der Waals surface area contributed by atoms with Gasteiger partial charge in [-0.1, -0.05) is 12.1 Å². The molecule has 0 aliphatic heterocycles. The van der Waals surface area contributed by atoms with Gasteiger partial charge in [-0.3, -0.25) is 4.79 Å². The first-order valence-corrected chi connectivity index (χ1v) is 4.51. The molecule has 0 aliphatic rings. The van der Waals surface area contributed by atoms with Crippen LogP contribution in [-0.4, -0.2) is 18.5 Å². The minimum absolute atomic E-state index is 0.101. The Labute approximate surface area is 86.9 Å². The van der Waals surface area contributed by atoms with Crippen LogP contribution in [0.15, 0.2) is 30.3 Å². The highest BCUT2D eigenvalue weighted by molar-refractivity contribution is 5.94. The van der Waals surface area contributed by atoms with E-state index in [1.54, 1.807) is 30.3 Å². The van der Waals surface area contributed by atoms with E-state index in [1.807, 2.05) is 0 Å². The number of aromatic hydroxyl groups is 1. The molecule has 0 bridgehead atoms. The van der Waals surface area contributed by atoms with Gasteiger partial charge in [0.15, 0.2) is 11.5 Å². The van der Waals surface area contributed by atoms with Crippen molar-refractivity contribution in [2.45, 2.75) is 0 Å². The summed E-state index contributed by atoms with van der Waals surface area (Å²) < 4.78 is 5.09. The molecule has 1 N–H and O–H groups in total. The number of phenols is 1. The second-order valence-corrected chi connectivity index (χ2v) is 3.22. The highest BCUT2D eigenvalue weighted by Gasteiger charge is 2.06. The summed E-state index contributed by atoms with van der Waals surface area (Å²) in [5.41, 5.74) is 0.607. The van der Waals surface area contributed by atoms with Crippen LogP contribution in [0.1, 0.15) is 10.4 Å². The van der Waals surface area contributed by atoms with E-state index in [0.717, 1.165) is 17.1 Å². The van der Waals surface area contributed by atoms with E-state index < -0.39 is 0 Å². The summed E-state index contributed by atoms with van der Waals surface area (Å²) in [6.07, 6.45) is 0.790. The molecule has 2 aromatic rings. The van der Waals surface area contributed by atoms with Crippen LogP contribution in [0.4, 0.5) is 0 Å². The summed E-state index contributed by atoms with van der Waals surface area (Å²) >= 11 is 0. The van der Waals surface area contributed by atoms with Crippen LogP contribution in [0.5, 0.6) is 11.5 Å². The standard InChI is InChI=1S/C12H10O3/c1-15-12-10-4-2-8(7-13)6-9(10)3-5-11(12)14/h2-7,14H,1H3. The van der Waals surface area contributed by atoms with Gasteiger partial charge in [0.1, 0.15) is 6.29 Å². The Bertz CT molecular complexity index is 518. The monoisotopic (exact) mass is 202 g/mol. The Morgan fingerprint density at radius 3 is 2.73 bits per heavy atom. The summed E-state index contributed by atoms with van der Waals surface area (Å²) in [6, 6.07) is 8.51. The molecule has 0 fully saturated rings. The zero-order valence-electron chi connectivity index (χ0n) is 8.23. The number of phenolic OH excluding ortho intramolecular Hbond substituents is 1. The van der Waals surface area contributed by atoms with Gasteiger partial charge in [0.25, 0.3) is 0 Å². The summed E-state index contributed by atoms with van der Waals surface area (Å²) in [5.74, 6) is 0.536. The number of aldehydes is 1. The number of fused-ring (bicyclic) bond motifs is 1. The second kappa shape index (κ2) is 3.61. The maximum atomic E-state index is 10.6. The van der Waals surface area contributed by atoms with Crippen molar-refractivity contribution in [2.75, 3.05) is 7.11 Å². The summed E-state index contributed by atoms with van der Waals surface area (Å²) in [5, 5.41) is 11.2. The number of hydrogen-bond donors (Lipinski definition) is 1. The molecule has 76 valence electrons. The maximum Gasteiger partial charge on any atom is 0.168 e. The molecule has 3 heteroatoms. The average molecular weight is 202 g/mol. The third-order valence-corrected chi connectivity index (χ3v) is 2.31. The van der Waals surface area contributed by atoms with Crippen molar-refractivity contribution in [1.29, 1.82) is 0 Å². The van der Waals surface area contributed by atoms with E-state index in [0.29, 0.717) is 11.3 Å². The van der Waals surface area contributed by atoms with Gasteiger partial charge < -0.3 is 9.84 Å². The smallest absolute Gasteiger partial charge is 0.168 e. The first-order chi connectivity index (χ1) is 7.26. The summed E-state index contributed by atoms with van der Waals surface area (Å²) in [6.45, 7) is 0. The predicted molar refractivity (Wildman–Crippen MR) is 57.6 cm³/mol. The first kappa shape index (κ1) is 9.52. The fourth-order valence-electron chi connectivity index (χ4n) is 1.60. The second-order valence-electron chi connectivity index (χ2n) is 3.22. The Balaban J connectivity index is 2.77. The number of rotatable bonds is 2. The van der Waals surface area contributed by atoms with E-state index in [2.05, 4.69) is 0 Å². The van der Waals surface area contributed by atoms with E-state index >= 15 is 0 Å². The first-order valence-electron chi connectivity index (χ1n) is 4.51. The van der Waals surface area contributed by atoms with E-state index in [1.165, 1.54) is 7.11 Å². The molecule has 0 saturated heterocycles. The lowest BCUT2D eigenvalue weighted by molar-refractivity contribution is 0.112. The molecular weight excluding hydrogens is 192 g/mol. The minimum Gasteiger partial charge on any atom is -0.504 e. The maximum absolute atomic E-state index is 10.6. The molecule has 0 spiro atoms. The van der Waals surface area contributed by atoms with E-state index in [-0.39, 0.29) is 5.75 Å². The van der Waals surface area contributed by atoms with Crippen molar-refractivity contribution in [3.05, 3.63) is 35.9 Å². The van der Waals surface area contributed by atoms with Crippen molar-refractivity contribution in [2.24, 2.45) is 0 Å². The Hall–Kier alpha value is -2.03. The molecular formula is C12H10O3. The third-order valence-electron chi connectivity index (χ3n) is 2.31. The Morgan fingerprint density at radius 1 is 1.27 bits per heavy atom. The van der Waals surface area contributed by atoms with Gasteiger partial charge in [-0.05, 0) is 23.6 Å². The summed E-state index contributed by atoms with van der Waals surface area (Å²) in [4.78, 5) is 10.6. The zero-order valence-corrected chi connectivity index (χ0v) is 8.23. The lowest BCUT2D eigenvalue weighted by Gasteiger charge is -2.07. The molecule has 2 rings (SSSR count). The van der Waals surface area contributed by atoms with Crippen LogP contribution in [0.3, 0.4) is 0 Å². The van der Waals surface area contributed by atoms with Crippen LogP contribution in [0.2, 0.25) is 0 Å². The quantitative estimate of drug-likeness (QED) is 0.760. The van der Waals surface area contributed by atoms with E-state index in [4.69, 9.17) is 4.74 Å². The van der Waals surface area contributed by atoms with Crippen molar-refractivity contribution in [3.8, 4) is 11.5 Å². The van der Waals surface area contributed by atoms with Gasteiger partial charge in [0, 0.05) is 10.9 Å². The van der Waals surface area contributed by atoms with Crippen molar-refractivity contribution in [1.82, 2.24) is 0 Å². The van der Waals surface area contributed by atoms with Gasteiger partial charge >= 0.3 is 0 Å². The van der Waals surface area contributed by atoms with Crippen molar-refractivity contribution in [3.63, 3.8) is 0 Å². The molecule has 0 amide bonds. The topological polar surface area (TPSA) is 46.5 Å². The molecule has 0 unspecified atom stereocenters. The fraction of sp³-hybridized carbons (Fsp3) is 0.0833. The van der Waals surface area contributed by atoms with Crippen molar-refractivity contribution < 1.29 is 14.6 Å². The number of carbonyl (C=O) groups excluding carboxylic acids is 1. The van der Waals surface area contributed by atoms with Gasteiger partial charge in [-0.15, -0.1) is 0 Å². The SMILES string of the molecule is COc1c(O)ccc2cc(C=O)ccc12. The Kier molecular flexibility index (Phi) is 2.29. The van der Waals surface area contributed by atoms with Gasteiger partial charge in [-0.25, -0.2) is 0 Å². The Morgan fingerprint density at radius 2 is 2.07 bits per heavy atom. The van der Waals surface area contributed by atoms with Gasteiger partial charge in [0.05, 0.1) is 7.11 Å². The van der Waals surface area contributed by atoms with Crippen LogP contribution in [0, 0.1) is 0 Å². The molecule has 3 nitrogen and oxygen atoms in total. The zero-order chi connectivity index (χ0) is 10.8. The van der Waals surface area contributed by atoms with Crippen LogP contribution in [0.25, 0.3) is 10.8 Å². The van der Waals surface area contributed by atoms with Crippen molar-refractivity contribution >= 4 is 17.1 Å². The van der Waals surface area contributed by atoms with Crippen LogP contribution in [-0.2, 0) is 0 Å². The summed E-state index contributed by atoms with van der Waals surface area (Å²) in [7, 11) is 1.50. The highest BCUT2D eigenvalue weighted by Crippen LogP contribution is 2.34.